The molecule has 8 heteroatoms. The summed E-state index contributed by atoms with van der Waals surface area (Å²) < 4.78 is 7.18. The topological polar surface area (TPSA) is 105 Å². The molecule has 3 N–H and O–H groups in total. The van der Waals surface area contributed by atoms with E-state index in [-0.39, 0.29) is 17.6 Å². The van der Waals surface area contributed by atoms with Gasteiger partial charge in [-0.15, -0.1) is 0 Å². The van der Waals surface area contributed by atoms with Crippen molar-refractivity contribution in [1.29, 1.82) is 0 Å². The second-order valence-corrected chi connectivity index (χ2v) is 10.3. The van der Waals surface area contributed by atoms with Crippen molar-refractivity contribution in [2.45, 2.75) is 89.3 Å². The van der Waals surface area contributed by atoms with Crippen LogP contribution in [0.25, 0.3) is 11.0 Å². The molecule has 0 atom stereocenters. The first-order chi connectivity index (χ1) is 15.2. The van der Waals surface area contributed by atoms with Crippen molar-refractivity contribution in [2.75, 3.05) is 6.54 Å². The Balaban J connectivity index is 1.49. The van der Waals surface area contributed by atoms with Gasteiger partial charge in [0.05, 0.1) is 16.6 Å². The molecule has 2 aromatic rings. The van der Waals surface area contributed by atoms with E-state index >= 15 is 0 Å². The number of aromatic amines is 1. The average Bonchev–Trinajstić information content (AvgIpc) is 3.44. The fourth-order valence-electron chi connectivity index (χ4n) is 5.06. The van der Waals surface area contributed by atoms with Crippen molar-refractivity contribution in [2.24, 2.45) is 0 Å². The normalized spacial score (nSPS) is 18.7. The number of aromatic nitrogens is 2. The van der Waals surface area contributed by atoms with Crippen LogP contribution >= 0.6 is 0 Å². The van der Waals surface area contributed by atoms with E-state index in [2.05, 4.69) is 15.6 Å². The lowest BCUT2D eigenvalue weighted by atomic mass is 9.96. The fourth-order valence-corrected chi connectivity index (χ4v) is 5.06. The van der Waals surface area contributed by atoms with Gasteiger partial charge in [0.25, 0.3) is 5.91 Å². The highest BCUT2D eigenvalue weighted by Crippen LogP contribution is 2.32. The predicted octanol–water partition coefficient (Wildman–Crippen LogP) is 4.01. The quantitative estimate of drug-likeness (QED) is 0.650. The number of carbonyl (C=O) groups is 2. The van der Waals surface area contributed by atoms with Crippen molar-refractivity contribution < 1.29 is 14.3 Å². The largest absolute Gasteiger partial charge is 0.444 e. The molecular formula is C24H34N4O4. The number of nitrogens with one attached hydrogen (secondary N) is 3. The maximum atomic E-state index is 13.1. The molecule has 0 aliphatic heterocycles. The second kappa shape index (κ2) is 8.64. The van der Waals surface area contributed by atoms with Crippen LogP contribution in [0.1, 0.15) is 88.5 Å². The first kappa shape index (κ1) is 22.4. The van der Waals surface area contributed by atoms with E-state index in [0.717, 1.165) is 56.9 Å². The minimum Gasteiger partial charge on any atom is -0.444 e. The zero-order valence-electron chi connectivity index (χ0n) is 19.3. The van der Waals surface area contributed by atoms with Crippen LogP contribution in [-0.4, -0.2) is 39.2 Å². The lowest BCUT2D eigenvalue weighted by molar-refractivity contribution is 0.0505. The summed E-state index contributed by atoms with van der Waals surface area (Å²) in [5.41, 5.74) is 0.852. The molecule has 174 valence electrons. The average molecular weight is 443 g/mol. The van der Waals surface area contributed by atoms with Crippen molar-refractivity contribution in [3.63, 3.8) is 0 Å². The van der Waals surface area contributed by atoms with Gasteiger partial charge in [0, 0.05) is 18.2 Å². The maximum absolute atomic E-state index is 13.1. The third-order valence-corrected chi connectivity index (χ3v) is 6.58. The zero-order valence-corrected chi connectivity index (χ0v) is 19.3. The Morgan fingerprint density at radius 3 is 2.50 bits per heavy atom. The van der Waals surface area contributed by atoms with Gasteiger partial charge in [-0.1, -0.05) is 25.7 Å². The summed E-state index contributed by atoms with van der Waals surface area (Å²) in [5.74, 6) is -0.200. The van der Waals surface area contributed by atoms with Gasteiger partial charge in [-0.25, -0.2) is 9.59 Å². The molecule has 2 aliphatic rings. The Kier molecular flexibility index (Phi) is 6.05. The summed E-state index contributed by atoms with van der Waals surface area (Å²) in [7, 11) is 0. The van der Waals surface area contributed by atoms with Crippen LogP contribution in [0.3, 0.4) is 0 Å². The number of benzene rings is 1. The Morgan fingerprint density at radius 2 is 1.84 bits per heavy atom. The molecule has 0 saturated heterocycles. The van der Waals surface area contributed by atoms with Crippen LogP contribution < -0.4 is 16.3 Å². The molecule has 8 nitrogen and oxygen atoms in total. The van der Waals surface area contributed by atoms with Gasteiger partial charge < -0.3 is 20.4 Å². The number of nitrogens with zero attached hydrogens (tertiary/aromatic N) is 1. The Bertz CT molecular complexity index is 1050. The zero-order chi connectivity index (χ0) is 22.9. The lowest BCUT2D eigenvalue weighted by Crippen LogP contribution is -2.54. The molecule has 4 rings (SSSR count). The minimum absolute atomic E-state index is 0.113. The van der Waals surface area contributed by atoms with Crippen molar-refractivity contribution in [1.82, 2.24) is 20.2 Å². The van der Waals surface area contributed by atoms with E-state index in [1.807, 2.05) is 31.4 Å². The molecule has 2 aliphatic carbocycles. The summed E-state index contributed by atoms with van der Waals surface area (Å²) in [6, 6.07) is 5.62. The third kappa shape index (κ3) is 4.84. The predicted molar refractivity (Wildman–Crippen MR) is 123 cm³/mol. The van der Waals surface area contributed by atoms with Crippen LogP contribution in [0.4, 0.5) is 4.79 Å². The molecule has 1 aromatic heterocycles. The molecule has 0 unspecified atom stereocenters. The van der Waals surface area contributed by atoms with Crippen LogP contribution in [0.15, 0.2) is 23.0 Å². The summed E-state index contributed by atoms with van der Waals surface area (Å²) >= 11 is 0. The van der Waals surface area contributed by atoms with E-state index in [0.29, 0.717) is 17.6 Å². The number of H-pyrrole nitrogens is 1. The van der Waals surface area contributed by atoms with E-state index in [4.69, 9.17) is 4.74 Å². The van der Waals surface area contributed by atoms with Gasteiger partial charge in [-0.05, 0) is 64.7 Å². The first-order valence-corrected chi connectivity index (χ1v) is 11.7. The Labute approximate surface area is 188 Å². The number of hydrogen-bond donors (Lipinski definition) is 3. The van der Waals surface area contributed by atoms with Gasteiger partial charge >= 0.3 is 11.8 Å². The van der Waals surface area contributed by atoms with Crippen molar-refractivity contribution >= 4 is 23.0 Å². The molecule has 2 amide bonds. The number of ether oxygens (including phenoxy) is 1. The van der Waals surface area contributed by atoms with Crippen LogP contribution in [0, 0.1) is 0 Å². The molecule has 2 saturated carbocycles. The number of amides is 2. The number of rotatable bonds is 5. The van der Waals surface area contributed by atoms with Crippen molar-refractivity contribution in [3.05, 3.63) is 34.2 Å². The summed E-state index contributed by atoms with van der Waals surface area (Å²) in [4.78, 5) is 40.7. The highest BCUT2D eigenvalue weighted by Gasteiger charge is 2.36. The second-order valence-electron chi connectivity index (χ2n) is 10.3. The van der Waals surface area contributed by atoms with Gasteiger partial charge in [0.1, 0.15) is 5.60 Å². The van der Waals surface area contributed by atoms with Crippen LogP contribution in [-0.2, 0) is 4.74 Å². The van der Waals surface area contributed by atoms with E-state index in [1.165, 1.54) is 0 Å². The fraction of sp³-hybridized carbons (Fsp3) is 0.625. The van der Waals surface area contributed by atoms with Crippen LogP contribution in [0.5, 0.6) is 0 Å². The molecule has 32 heavy (non-hydrogen) atoms. The summed E-state index contributed by atoms with van der Waals surface area (Å²) in [5, 5.41) is 5.98. The summed E-state index contributed by atoms with van der Waals surface area (Å²) in [6.45, 7) is 5.78. The van der Waals surface area contributed by atoms with Gasteiger partial charge in [0.15, 0.2) is 0 Å². The smallest absolute Gasteiger partial charge is 0.407 e. The van der Waals surface area contributed by atoms with Crippen LogP contribution in [0.2, 0.25) is 0 Å². The van der Waals surface area contributed by atoms with E-state index < -0.39 is 17.2 Å². The van der Waals surface area contributed by atoms with Gasteiger partial charge in [-0.3, -0.25) is 9.36 Å². The molecular weight excluding hydrogens is 408 g/mol. The molecule has 0 radical (unpaired) electrons. The molecule has 0 bridgehead atoms. The molecule has 1 heterocycles. The van der Waals surface area contributed by atoms with E-state index in [1.54, 1.807) is 12.1 Å². The lowest BCUT2D eigenvalue weighted by Gasteiger charge is -2.31. The highest BCUT2D eigenvalue weighted by atomic mass is 16.6. The minimum atomic E-state index is -0.572. The number of alkyl carbamates (subject to hydrolysis) is 1. The number of fused-ring (bicyclic) bond motifs is 1. The Hall–Kier alpha value is -2.77. The van der Waals surface area contributed by atoms with Gasteiger partial charge in [-0.2, -0.15) is 0 Å². The van der Waals surface area contributed by atoms with Crippen molar-refractivity contribution in [3.8, 4) is 0 Å². The SMILES string of the molecule is CC(C)(C)OC(=O)NCC1(NC(=O)c2ccc3c(c2)[nH]c(=O)n3C2CCCC2)CCCC1. The van der Waals surface area contributed by atoms with Gasteiger partial charge in [0.2, 0.25) is 0 Å². The molecule has 0 spiro atoms. The maximum Gasteiger partial charge on any atom is 0.407 e. The molecule has 1 aromatic carbocycles. The first-order valence-electron chi connectivity index (χ1n) is 11.7. The van der Waals surface area contributed by atoms with E-state index in [9.17, 15) is 14.4 Å². The molecule has 2 fully saturated rings. The number of hydrogen-bond acceptors (Lipinski definition) is 4. The standard InChI is InChI=1S/C24H34N4O4/c1-23(2,3)32-22(31)25-15-24(12-6-7-13-24)27-20(29)16-10-11-19-18(14-16)26-21(30)28(19)17-8-4-5-9-17/h10-11,14,17H,4-9,12-13,15H2,1-3H3,(H,25,31)(H,26,30)(H,27,29). The number of imidazole rings is 1. The third-order valence-electron chi connectivity index (χ3n) is 6.58. The summed E-state index contributed by atoms with van der Waals surface area (Å²) in [6.07, 6.45) is 7.42. The highest BCUT2D eigenvalue weighted by molar-refractivity contribution is 5.97. The Morgan fingerprint density at radius 1 is 1.16 bits per heavy atom. The number of carbonyl (C=O) groups excluding carboxylic acids is 2. The monoisotopic (exact) mass is 442 g/mol.